The second-order valence-corrected chi connectivity index (χ2v) is 4.41. The first-order chi connectivity index (χ1) is 10.2. The number of rotatable bonds is 10. The standard InChI is InChI=1S/C15H23NO5/c1-19-13-5-4-12(10-14(13)20-2)11-15(18)16-6-3-8-21-9-7-17/h4-5,10,17H,3,6-9,11H2,1-2H3,(H,16,18). The minimum absolute atomic E-state index is 0.0195. The lowest BCUT2D eigenvalue weighted by molar-refractivity contribution is -0.120. The predicted octanol–water partition coefficient (Wildman–Crippen LogP) is 0.761. The van der Waals surface area contributed by atoms with Gasteiger partial charge in [0.2, 0.25) is 5.91 Å². The summed E-state index contributed by atoms with van der Waals surface area (Å²) < 4.78 is 15.5. The van der Waals surface area contributed by atoms with Gasteiger partial charge in [-0.1, -0.05) is 6.07 Å². The molecule has 0 bridgehead atoms. The van der Waals surface area contributed by atoms with E-state index in [2.05, 4.69) is 5.32 Å². The van der Waals surface area contributed by atoms with Gasteiger partial charge in [0.15, 0.2) is 11.5 Å². The summed E-state index contributed by atoms with van der Waals surface area (Å²) in [6, 6.07) is 5.41. The largest absolute Gasteiger partial charge is 0.493 e. The molecule has 0 aliphatic rings. The van der Waals surface area contributed by atoms with Crippen molar-refractivity contribution in [2.75, 3.05) is 40.6 Å². The van der Waals surface area contributed by atoms with Gasteiger partial charge in [-0.05, 0) is 24.1 Å². The van der Waals surface area contributed by atoms with Crippen LogP contribution in [0.3, 0.4) is 0 Å². The minimum Gasteiger partial charge on any atom is -0.493 e. The van der Waals surface area contributed by atoms with Crippen LogP contribution >= 0.6 is 0 Å². The lowest BCUT2D eigenvalue weighted by Crippen LogP contribution is -2.26. The third-order valence-electron chi connectivity index (χ3n) is 2.84. The first-order valence-electron chi connectivity index (χ1n) is 6.87. The molecule has 0 atom stereocenters. The van der Waals surface area contributed by atoms with Crippen LogP contribution in [-0.4, -0.2) is 51.6 Å². The quantitative estimate of drug-likeness (QED) is 0.624. The van der Waals surface area contributed by atoms with E-state index in [1.54, 1.807) is 26.4 Å². The SMILES string of the molecule is COc1ccc(CC(=O)NCCCOCCO)cc1OC. The van der Waals surface area contributed by atoms with Crippen molar-refractivity contribution in [1.29, 1.82) is 0 Å². The molecule has 2 N–H and O–H groups in total. The van der Waals surface area contributed by atoms with Crippen LogP contribution in [-0.2, 0) is 16.0 Å². The zero-order valence-electron chi connectivity index (χ0n) is 12.6. The third-order valence-corrected chi connectivity index (χ3v) is 2.84. The van der Waals surface area contributed by atoms with E-state index in [-0.39, 0.29) is 18.9 Å². The zero-order valence-corrected chi connectivity index (χ0v) is 12.6. The number of aliphatic hydroxyl groups excluding tert-OH is 1. The highest BCUT2D eigenvalue weighted by atomic mass is 16.5. The molecule has 0 saturated heterocycles. The van der Waals surface area contributed by atoms with Gasteiger partial charge in [0.1, 0.15) is 0 Å². The molecule has 0 spiro atoms. The van der Waals surface area contributed by atoms with Crippen molar-refractivity contribution < 1.29 is 24.1 Å². The molecule has 6 heteroatoms. The highest BCUT2D eigenvalue weighted by Crippen LogP contribution is 2.27. The van der Waals surface area contributed by atoms with Crippen molar-refractivity contribution in [2.24, 2.45) is 0 Å². The molecule has 0 aliphatic heterocycles. The van der Waals surface area contributed by atoms with Gasteiger partial charge in [-0.25, -0.2) is 0 Å². The minimum atomic E-state index is -0.0515. The van der Waals surface area contributed by atoms with Crippen LogP contribution in [0.5, 0.6) is 11.5 Å². The van der Waals surface area contributed by atoms with Crippen molar-refractivity contribution in [3.05, 3.63) is 23.8 Å². The molecule has 0 aromatic heterocycles. The van der Waals surface area contributed by atoms with Crippen LogP contribution in [0.4, 0.5) is 0 Å². The van der Waals surface area contributed by atoms with Crippen LogP contribution in [0.2, 0.25) is 0 Å². The monoisotopic (exact) mass is 297 g/mol. The Hall–Kier alpha value is -1.79. The molecule has 118 valence electrons. The lowest BCUT2D eigenvalue weighted by atomic mass is 10.1. The second kappa shape index (κ2) is 10.0. The van der Waals surface area contributed by atoms with Gasteiger partial charge in [0.25, 0.3) is 0 Å². The molecule has 0 unspecified atom stereocenters. The van der Waals surface area contributed by atoms with Crippen LogP contribution < -0.4 is 14.8 Å². The number of nitrogens with one attached hydrogen (secondary N) is 1. The second-order valence-electron chi connectivity index (χ2n) is 4.41. The summed E-state index contributed by atoms with van der Waals surface area (Å²) in [6.07, 6.45) is 1.01. The van der Waals surface area contributed by atoms with Gasteiger partial charge < -0.3 is 24.6 Å². The van der Waals surface area contributed by atoms with Crippen molar-refractivity contribution in [3.63, 3.8) is 0 Å². The summed E-state index contributed by atoms with van der Waals surface area (Å²) in [7, 11) is 3.14. The van der Waals surface area contributed by atoms with E-state index in [4.69, 9.17) is 19.3 Å². The van der Waals surface area contributed by atoms with E-state index in [0.29, 0.717) is 31.3 Å². The van der Waals surface area contributed by atoms with Crippen LogP contribution in [0.15, 0.2) is 18.2 Å². The average Bonchev–Trinajstić information content (AvgIpc) is 2.50. The number of hydrogen-bond acceptors (Lipinski definition) is 5. The number of carbonyl (C=O) groups is 1. The fraction of sp³-hybridized carbons (Fsp3) is 0.533. The molecule has 1 aromatic carbocycles. The van der Waals surface area contributed by atoms with Gasteiger partial charge in [0, 0.05) is 13.2 Å². The molecule has 1 amide bonds. The van der Waals surface area contributed by atoms with E-state index in [1.807, 2.05) is 6.07 Å². The molecule has 0 aliphatic carbocycles. The van der Waals surface area contributed by atoms with Gasteiger partial charge in [-0.15, -0.1) is 0 Å². The van der Waals surface area contributed by atoms with Gasteiger partial charge >= 0.3 is 0 Å². The number of methoxy groups -OCH3 is 2. The van der Waals surface area contributed by atoms with Crippen LogP contribution in [0, 0.1) is 0 Å². The van der Waals surface area contributed by atoms with Crippen LogP contribution in [0.1, 0.15) is 12.0 Å². The Kier molecular flexibility index (Phi) is 8.23. The summed E-state index contributed by atoms with van der Waals surface area (Å²) in [5.41, 5.74) is 0.863. The molecule has 0 radical (unpaired) electrons. The number of ether oxygens (including phenoxy) is 3. The summed E-state index contributed by atoms with van der Waals surface area (Å²) in [5, 5.41) is 11.4. The maximum atomic E-state index is 11.8. The molecule has 1 aromatic rings. The number of aliphatic hydroxyl groups is 1. The molecule has 1 rings (SSSR count). The van der Waals surface area contributed by atoms with Gasteiger partial charge in [-0.2, -0.15) is 0 Å². The van der Waals surface area contributed by atoms with Crippen LogP contribution in [0.25, 0.3) is 0 Å². The summed E-state index contributed by atoms with van der Waals surface area (Å²) in [6.45, 7) is 1.43. The molecule has 0 fully saturated rings. The average molecular weight is 297 g/mol. The molecule has 21 heavy (non-hydrogen) atoms. The summed E-state index contributed by atoms with van der Waals surface area (Å²) >= 11 is 0. The van der Waals surface area contributed by atoms with Crippen molar-refractivity contribution >= 4 is 5.91 Å². The van der Waals surface area contributed by atoms with Crippen molar-refractivity contribution in [3.8, 4) is 11.5 Å². The smallest absolute Gasteiger partial charge is 0.224 e. The Balaban J connectivity index is 2.34. The fourth-order valence-corrected chi connectivity index (χ4v) is 1.81. The number of carbonyl (C=O) groups excluding carboxylic acids is 1. The summed E-state index contributed by atoms with van der Waals surface area (Å²) in [5.74, 6) is 1.20. The molecule has 0 saturated carbocycles. The first kappa shape index (κ1) is 17.3. The highest BCUT2D eigenvalue weighted by Gasteiger charge is 2.08. The van der Waals surface area contributed by atoms with Gasteiger partial charge in [0.05, 0.1) is 33.9 Å². The number of amides is 1. The predicted molar refractivity (Wildman–Crippen MR) is 78.8 cm³/mol. The Labute approximate surface area is 125 Å². The maximum Gasteiger partial charge on any atom is 0.224 e. The third kappa shape index (κ3) is 6.46. The maximum absolute atomic E-state index is 11.8. The van der Waals surface area contributed by atoms with E-state index < -0.39 is 0 Å². The zero-order chi connectivity index (χ0) is 15.5. The highest BCUT2D eigenvalue weighted by molar-refractivity contribution is 5.78. The number of hydrogen-bond donors (Lipinski definition) is 2. The Bertz CT molecular complexity index is 436. The van der Waals surface area contributed by atoms with Crippen molar-refractivity contribution in [1.82, 2.24) is 5.32 Å². The first-order valence-corrected chi connectivity index (χ1v) is 6.87. The molecular weight excluding hydrogens is 274 g/mol. The van der Waals surface area contributed by atoms with Crippen molar-refractivity contribution in [2.45, 2.75) is 12.8 Å². The number of benzene rings is 1. The van der Waals surface area contributed by atoms with E-state index in [1.165, 1.54) is 0 Å². The molecule has 0 heterocycles. The Morgan fingerprint density at radius 1 is 1.19 bits per heavy atom. The van der Waals surface area contributed by atoms with E-state index in [9.17, 15) is 4.79 Å². The summed E-state index contributed by atoms with van der Waals surface area (Å²) in [4.78, 5) is 11.8. The van der Waals surface area contributed by atoms with Gasteiger partial charge in [-0.3, -0.25) is 4.79 Å². The normalized spacial score (nSPS) is 10.2. The van der Waals surface area contributed by atoms with E-state index >= 15 is 0 Å². The molecular formula is C15H23NO5. The topological polar surface area (TPSA) is 77.0 Å². The fourth-order valence-electron chi connectivity index (χ4n) is 1.81. The Morgan fingerprint density at radius 2 is 1.95 bits per heavy atom. The Morgan fingerprint density at radius 3 is 2.62 bits per heavy atom. The van der Waals surface area contributed by atoms with E-state index in [0.717, 1.165) is 12.0 Å². The lowest BCUT2D eigenvalue weighted by Gasteiger charge is -2.10. The molecule has 6 nitrogen and oxygen atoms in total.